The second-order valence-corrected chi connectivity index (χ2v) is 1.21. The minimum atomic E-state index is -0.421. The summed E-state index contributed by atoms with van der Waals surface area (Å²) in [5, 5.41) is 16.1. The third-order valence-electron chi connectivity index (χ3n) is 0.629. The molecule has 0 aliphatic carbocycles. The first kappa shape index (κ1) is 6.70. The maximum absolute atomic E-state index is 10.2. The van der Waals surface area contributed by atoms with Crippen molar-refractivity contribution in [3.63, 3.8) is 0 Å². The van der Waals surface area contributed by atoms with Crippen LogP contribution in [0, 0.1) is 11.3 Å². The van der Waals surface area contributed by atoms with Gasteiger partial charge in [-0.2, -0.15) is 5.26 Å². The minimum Gasteiger partial charge on any atom is -0.514 e. The molecule has 0 rings (SSSR count). The van der Waals surface area contributed by atoms with Crippen molar-refractivity contribution >= 4 is 5.78 Å². The van der Waals surface area contributed by atoms with Gasteiger partial charge in [-0.15, -0.1) is 0 Å². The predicted molar refractivity (Wildman–Crippen MR) is 27.0 cm³/mol. The summed E-state index contributed by atoms with van der Waals surface area (Å²) < 4.78 is 0. The summed E-state index contributed by atoms with van der Waals surface area (Å²) in [6.07, 6.45) is 0.502. The molecular weight excluding hydrogens is 106 g/mol. The van der Waals surface area contributed by atoms with Crippen molar-refractivity contribution < 1.29 is 9.90 Å². The maximum atomic E-state index is 10.2. The molecule has 0 aliphatic heterocycles. The number of ketones is 1. The van der Waals surface area contributed by atoms with Crippen molar-refractivity contribution in [3.05, 3.63) is 11.8 Å². The number of Topliss-reactive ketones (excluding diaryl/α,β-unsaturated/α-hetero) is 1. The SMILES string of the molecule is CC(=O)/C(C#N)=C/O. The lowest BCUT2D eigenvalue weighted by molar-refractivity contribution is -0.113. The van der Waals surface area contributed by atoms with E-state index in [1.165, 1.54) is 13.0 Å². The summed E-state index contributed by atoms with van der Waals surface area (Å²) in [5.74, 6) is -0.421. The molecule has 8 heavy (non-hydrogen) atoms. The van der Waals surface area contributed by atoms with Crippen molar-refractivity contribution in [1.82, 2.24) is 0 Å². The van der Waals surface area contributed by atoms with Gasteiger partial charge in [0.25, 0.3) is 0 Å². The molecule has 0 fully saturated rings. The van der Waals surface area contributed by atoms with Crippen LogP contribution in [-0.2, 0) is 4.79 Å². The topological polar surface area (TPSA) is 61.1 Å². The molecule has 0 bridgehead atoms. The fraction of sp³-hybridized carbons (Fsp3) is 0.200. The van der Waals surface area contributed by atoms with Gasteiger partial charge in [0.05, 0.1) is 0 Å². The Bertz CT molecular complexity index is 164. The molecule has 0 aliphatic rings. The number of hydrogen-bond donors (Lipinski definition) is 1. The molecule has 3 heteroatoms. The van der Waals surface area contributed by atoms with E-state index in [0.29, 0.717) is 6.26 Å². The first-order valence-corrected chi connectivity index (χ1v) is 1.97. The van der Waals surface area contributed by atoms with E-state index in [4.69, 9.17) is 10.4 Å². The average molecular weight is 111 g/mol. The highest BCUT2D eigenvalue weighted by molar-refractivity contribution is 5.96. The van der Waals surface area contributed by atoms with Crippen LogP contribution in [0.5, 0.6) is 0 Å². The van der Waals surface area contributed by atoms with Crippen LogP contribution in [0.15, 0.2) is 11.8 Å². The van der Waals surface area contributed by atoms with Crippen molar-refractivity contribution in [1.29, 1.82) is 5.26 Å². The van der Waals surface area contributed by atoms with Crippen LogP contribution in [0.1, 0.15) is 6.92 Å². The first-order valence-electron chi connectivity index (χ1n) is 1.97. The Hall–Kier alpha value is -1.30. The number of aliphatic hydroxyl groups excluding tert-OH is 1. The molecule has 0 spiro atoms. The van der Waals surface area contributed by atoms with Gasteiger partial charge < -0.3 is 5.11 Å². The molecule has 0 unspecified atom stereocenters. The minimum absolute atomic E-state index is 0.218. The van der Waals surface area contributed by atoms with Gasteiger partial charge in [0.15, 0.2) is 5.78 Å². The van der Waals surface area contributed by atoms with E-state index in [9.17, 15) is 4.79 Å². The second-order valence-electron chi connectivity index (χ2n) is 1.21. The van der Waals surface area contributed by atoms with E-state index in [0.717, 1.165) is 0 Å². The Labute approximate surface area is 46.9 Å². The second kappa shape index (κ2) is 2.80. The van der Waals surface area contributed by atoms with E-state index in [2.05, 4.69) is 0 Å². The van der Waals surface area contributed by atoms with Crippen LogP contribution in [0.3, 0.4) is 0 Å². The quantitative estimate of drug-likeness (QED) is 0.305. The van der Waals surface area contributed by atoms with Gasteiger partial charge in [-0.05, 0) is 6.92 Å². The predicted octanol–water partition coefficient (Wildman–Crippen LogP) is 0.541. The molecule has 0 heterocycles. The van der Waals surface area contributed by atoms with E-state index in [1.807, 2.05) is 0 Å². The van der Waals surface area contributed by atoms with Crippen molar-refractivity contribution in [2.75, 3.05) is 0 Å². The lowest BCUT2D eigenvalue weighted by Crippen LogP contribution is -1.91. The molecule has 0 aromatic heterocycles. The fourth-order valence-electron chi connectivity index (χ4n) is 0.198. The van der Waals surface area contributed by atoms with Gasteiger partial charge in [0.2, 0.25) is 0 Å². The highest BCUT2D eigenvalue weighted by Gasteiger charge is 1.98. The van der Waals surface area contributed by atoms with Crippen molar-refractivity contribution in [3.8, 4) is 6.07 Å². The summed E-state index contributed by atoms with van der Waals surface area (Å²) in [6.45, 7) is 1.21. The van der Waals surface area contributed by atoms with Crippen LogP contribution >= 0.6 is 0 Å². The highest BCUT2D eigenvalue weighted by atomic mass is 16.2. The summed E-state index contributed by atoms with van der Waals surface area (Å²) >= 11 is 0. The molecule has 0 saturated heterocycles. The van der Waals surface area contributed by atoms with E-state index >= 15 is 0 Å². The van der Waals surface area contributed by atoms with Crippen LogP contribution < -0.4 is 0 Å². The number of carbonyl (C=O) groups excluding carboxylic acids is 1. The fourth-order valence-corrected chi connectivity index (χ4v) is 0.198. The Morgan fingerprint density at radius 1 is 1.88 bits per heavy atom. The summed E-state index contributed by atoms with van der Waals surface area (Å²) in [4.78, 5) is 10.2. The summed E-state index contributed by atoms with van der Waals surface area (Å²) in [5.41, 5.74) is -0.218. The highest BCUT2D eigenvalue weighted by Crippen LogP contribution is 1.89. The molecule has 0 radical (unpaired) electrons. The van der Waals surface area contributed by atoms with Crippen LogP contribution in [0.25, 0.3) is 0 Å². The number of carbonyl (C=O) groups is 1. The monoisotopic (exact) mass is 111 g/mol. The molecule has 1 N–H and O–H groups in total. The Balaban J connectivity index is 4.20. The van der Waals surface area contributed by atoms with Crippen LogP contribution in [-0.4, -0.2) is 10.9 Å². The third-order valence-corrected chi connectivity index (χ3v) is 0.629. The number of nitriles is 1. The summed E-state index contributed by atoms with van der Waals surface area (Å²) in [7, 11) is 0. The zero-order chi connectivity index (χ0) is 6.57. The van der Waals surface area contributed by atoms with Gasteiger partial charge in [0, 0.05) is 0 Å². The maximum Gasteiger partial charge on any atom is 0.173 e. The van der Waals surface area contributed by atoms with Gasteiger partial charge in [-0.1, -0.05) is 0 Å². The van der Waals surface area contributed by atoms with Gasteiger partial charge in [0.1, 0.15) is 17.9 Å². The number of allylic oxidation sites excluding steroid dienone is 1. The Morgan fingerprint density at radius 2 is 2.38 bits per heavy atom. The third kappa shape index (κ3) is 1.43. The Kier molecular flexibility index (Phi) is 2.35. The van der Waals surface area contributed by atoms with E-state index < -0.39 is 5.78 Å². The van der Waals surface area contributed by atoms with E-state index in [-0.39, 0.29) is 5.57 Å². The van der Waals surface area contributed by atoms with Crippen molar-refractivity contribution in [2.24, 2.45) is 0 Å². The summed E-state index contributed by atoms with van der Waals surface area (Å²) in [6, 6.07) is 1.51. The molecule has 3 nitrogen and oxygen atoms in total. The number of nitrogens with zero attached hydrogens (tertiary/aromatic N) is 1. The standard InChI is InChI=1S/C5H5NO2/c1-4(8)5(2-6)3-7/h3,7H,1H3/b5-3+. The molecule has 0 amide bonds. The van der Waals surface area contributed by atoms with Gasteiger partial charge in [-0.25, -0.2) is 0 Å². The zero-order valence-electron chi connectivity index (χ0n) is 4.38. The van der Waals surface area contributed by atoms with Crippen molar-refractivity contribution in [2.45, 2.75) is 6.92 Å². The van der Waals surface area contributed by atoms with Crippen LogP contribution in [0.4, 0.5) is 0 Å². The number of rotatable bonds is 1. The van der Waals surface area contributed by atoms with E-state index in [1.54, 1.807) is 0 Å². The normalized spacial score (nSPS) is 10.2. The van der Waals surface area contributed by atoms with Gasteiger partial charge in [-0.3, -0.25) is 4.79 Å². The van der Waals surface area contributed by atoms with Crippen LogP contribution in [0.2, 0.25) is 0 Å². The smallest absolute Gasteiger partial charge is 0.173 e. The molecule has 0 aromatic carbocycles. The molecule has 42 valence electrons. The van der Waals surface area contributed by atoms with Gasteiger partial charge >= 0.3 is 0 Å². The first-order chi connectivity index (χ1) is 3.72. The zero-order valence-corrected chi connectivity index (χ0v) is 4.38. The Morgan fingerprint density at radius 3 is 2.38 bits per heavy atom. The number of aliphatic hydroxyl groups is 1. The largest absolute Gasteiger partial charge is 0.514 e. The lowest BCUT2D eigenvalue weighted by Gasteiger charge is -1.81. The molecule has 0 aromatic rings. The molecule has 0 atom stereocenters. The number of hydrogen-bond acceptors (Lipinski definition) is 3. The molecular formula is C5H5NO2. The average Bonchev–Trinajstić information content (AvgIpc) is 1.69. The molecule has 0 saturated carbocycles. The lowest BCUT2D eigenvalue weighted by atomic mass is 10.2.